The minimum atomic E-state index is -0.188. The molecule has 0 bridgehead atoms. The Morgan fingerprint density at radius 1 is 1.21 bits per heavy atom. The summed E-state index contributed by atoms with van der Waals surface area (Å²) < 4.78 is 3.14. The highest BCUT2D eigenvalue weighted by molar-refractivity contribution is 9.10. The third-order valence-electron chi connectivity index (χ3n) is 5.04. The second-order valence-corrected chi connectivity index (χ2v) is 8.81. The number of likely N-dealkylation sites (N-methyl/N-ethyl adjacent to an activating group) is 1. The van der Waals surface area contributed by atoms with Crippen LogP contribution in [0.1, 0.15) is 22.9 Å². The first-order chi connectivity index (χ1) is 13.6. The molecule has 0 radical (unpaired) electrons. The van der Waals surface area contributed by atoms with Gasteiger partial charge in [0.25, 0.3) is 0 Å². The van der Waals surface area contributed by atoms with Crippen LogP contribution < -0.4 is 10.6 Å². The molecule has 2 amide bonds. The lowest BCUT2D eigenvalue weighted by Crippen LogP contribution is -2.31. The van der Waals surface area contributed by atoms with Crippen molar-refractivity contribution in [2.45, 2.75) is 26.4 Å². The van der Waals surface area contributed by atoms with Crippen LogP contribution in [0.15, 0.2) is 53.3 Å². The first-order valence-electron chi connectivity index (χ1n) is 9.43. The predicted molar refractivity (Wildman–Crippen MR) is 118 cm³/mol. The number of hydrogen-bond acceptors (Lipinski definition) is 3. The summed E-state index contributed by atoms with van der Waals surface area (Å²) in [5.41, 5.74) is 3.41. The number of benzene rings is 1. The van der Waals surface area contributed by atoms with Crippen molar-refractivity contribution in [3.63, 3.8) is 0 Å². The monoisotopic (exact) mass is 458 g/mol. The van der Waals surface area contributed by atoms with Crippen LogP contribution in [0.2, 0.25) is 0 Å². The molecule has 146 valence electrons. The fourth-order valence-corrected chi connectivity index (χ4v) is 5.15. The molecule has 4 rings (SSSR count). The molecular formula is C21H23BrN4OS. The lowest BCUT2D eigenvalue weighted by atomic mass is 10.0. The van der Waals surface area contributed by atoms with E-state index in [0.717, 1.165) is 36.2 Å². The van der Waals surface area contributed by atoms with Crippen LogP contribution in [-0.2, 0) is 19.5 Å². The number of urea groups is 1. The zero-order valence-electron chi connectivity index (χ0n) is 15.7. The van der Waals surface area contributed by atoms with Gasteiger partial charge in [0.05, 0.1) is 0 Å². The number of anilines is 1. The molecule has 3 heterocycles. The van der Waals surface area contributed by atoms with E-state index in [-0.39, 0.29) is 6.03 Å². The Morgan fingerprint density at radius 2 is 1.96 bits per heavy atom. The van der Waals surface area contributed by atoms with E-state index < -0.39 is 0 Å². The Kier molecular flexibility index (Phi) is 5.85. The maximum atomic E-state index is 12.4. The van der Waals surface area contributed by atoms with E-state index in [1.165, 1.54) is 21.0 Å². The highest BCUT2D eigenvalue weighted by Crippen LogP contribution is 2.35. The number of carbonyl (C=O) groups is 1. The Hall–Kier alpha value is -2.09. The minimum absolute atomic E-state index is 0.188. The van der Waals surface area contributed by atoms with Crippen LogP contribution in [0.4, 0.5) is 10.5 Å². The number of fused-ring (bicyclic) bond motifs is 1. The summed E-state index contributed by atoms with van der Waals surface area (Å²) in [6.45, 7) is 5.87. The maximum Gasteiger partial charge on any atom is 0.319 e. The van der Waals surface area contributed by atoms with Gasteiger partial charge in [-0.25, -0.2) is 4.79 Å². The molecule has 0 saturated carbocycles. The van der Waals surface area contributed by atoms with Gasteiger partial charge in [0.2, 0.25) is 0 Å². The van der Waals surface area contributed by atoms with Gasteiger partial charge in [-0.3, -0.25) is 4.90 Å². The van der Waals surface area contributed by atoms with Crippen molar-refractivity contribution in [2.24, 2.45) is 0 Å². The second-order valence-electron chi connectivity index (χ2n) is 6.81. The Labute approximate surface area is 177 Å². The summed E-state index contributed by atoms with van der Waals surface area (Å²) in [6, 6.07) is 11.5. The lowest BCUT2D eigenvalue weighted by Gasteiger charge is -2.25. The third kappa shape index (κ3) is 4.16. The highest BCUT2D eigenvalue weighted by atomic mass is 79.9. The van der Waals surface area contributed by atoms with Crippen LogP contribution in [0.3, 0.4) is 0 Å². The standard InChI is InChI=1S/C21H23BrN4OS/c1-2-25-12-9-17-18(20(28-19(17)14-25)26-10-3-4-11-26)13-23-21(27)24-16-7-5-15(22)6-8-16/h3-8,10-11H,2,9,12-14H2,1H3,(H2,23,24,27). The summed E-state index contributed by atoms with van der Waals surface area (Å²) in [4.78, 5) is 16.3. The number of rotatable bonds is 5. The van der Waals surface area contributed by atoms with Gasteiger partial charge < -0.3 is 15.2 Å². The van der Waals surface area contributed by atoms with Gasteiger partial charge in [0.15, 0.2) is 0 Å². The molecule has 7 heteroatoms. The smallest absolute Gasteiger partial charge is 0.319 e. The average Bonchev–Trinajstić information content (AvgIpc) is 3.35. The van der Waals surface area contributed by atoms with Crippen LogP contribution in [0.25, 0.3) is 5.00 Å². The number of hydrogen-bond donors (Lipinski definition) is 2. The van der Waals surface area contributed by atoms with Gasteiger partial charge in [-0.2, -0.15) is 0 Å². The SMILES string of the molecule is CCN1CCc2c(sc(-n3cccc3)c2CNC(=O)Nc2ccc(Br)cc2)C1. The number of aromatic nitrogens is 1. The quantitative estimate of drug-likeness (QED) is 0.564. The van der Waals surface area contributed by atoms with Gasteiger partial charge in [-0.1, -0.05) is 22.9 Å². The Bertz CT molecular complexity index is 950. The molecule has 1 aliphatic heterocycles. The van der Waals surface area contributed by atoms with Crippen molar-refractivity contribution in [3.8, 4) is 5.00 Å². The molecule has 0 unspecified atom stereocenters. The van der Waals surface area contributed by atoms with E-state index in [1.54, 1.807) is 0 Å². The van der Waals surface area contributed by atoms with E-state index >= 15 is 0 Å². The molecule has 0 saturated heterocycles. The summed E-state index contributed by atoms with van der Waals surface area (Å²) >= 11 is 5.25. The summed E-state index contributed by atoms with van der Waals surface area (Å²) in [6.07, 6.45) is 5.17. The number of carbonyl (C=O) groups excluding carboxylic acids is 1. The van der Waals surface area contributed by atoms with Gasteiger partial charge in [0, 0.05) is 52.6 Å². The number of thiophene rings is 1. The molecular weight excluding hydrogens is 436 g/mol. The molecule has 3 aromatic rings. The molecule has 2 N–H and O–H groups in total. The topological polar surface area (TPSA) is 49.3 Å². The normalized spacial score (nSPS) is 13.9. The molecule has 2 aromatic heterocycles. The van der Waals surface area contributed by atoms with E-state index in [2.05, 4.69) is 55.3 Å². The van der Waals surface area contributed by atoms with Crippen LogP contribution in [0.5, 0.6) is 0 Å². The molecule has 0 aliphatic carbocycles. The Morgan fingerprint density at radius 3 is 2.68 bits per heavy atom. The average molecular weight is 459 g/mol. The van der Waals surface area contributed by atoms with Crippen molar-refractivity contribution >= 4 is 39.0 Å². The fourth-order valence-electron chi connectivity index (χ4n) is 3.52. The van der Waals surface area contributed by atoms with Crippen LogP contribution in [0, 0.1) is 0 Å². The minimum Gasteiger partial charge on any atom is -0.334 e. The first-order valence-corrected chi connectivity index (χ1v) is 11.0. The first kappa shape index (κ1) is 19.2. The maximum absolute atomic E-state index is 12.4. The van der Waals surface area contributed by atoms with Crippen molar-refractivity contribution in [3.05, 3.63) is 69.3 Å². The van der Waals surface area contributed by atoms with Crippen molar-refractivity contribution in [2.75, 3.05) is 18.4 Å². The third-order valence-corrected chi connectivity index (χ3v) is 6.84. The fraction of sp³-hybridized carbons (Fsp3) is 0.286. The molecule has 0 atom stereocenters. The van der Waals surface area contributed by atoms with E-state index in [4.69, 9.17) is 0 Å². The van der Waals surface area contributed by atoms with E-state index in [1.807, 2.05) is 47.7 Å². The van der Waals surface area contributed by atoms with Gasteiger partial charge >= 0.3 is 6.03 Å². The van der Waals surface area contributed by atoms with Crippen molar-refractivity contribution < 1.29 is 4.79 Å². The second kappa shape index (κ2) is 8.51. The molecule has 0 spiro atoms. The highest BCUT2D eigenvalue weighted by Gasteiger charge is 2.24. The van der Waals surface area contributed by atoms with Crippen LogP contribution in [-0.4, -0.2) is 28.6 Å². The van der Waals surface area contributed by atoms with Gasteiger partial charge in [-0.15, -0.1) is 11.3 Å². The summed E-state index contributed by atoms with van der Waals surface area (Å²) in [7, 11) is 0. The molecule has 0 fully saturated rings. The van der Waals surface area contributed by atoms with E-state index in [9.17, 15) is 4.79 Å². The van der Waals surface area contributed by atoms with E-state index in [0.29, 0.717) is 6.54 Å². The number of nitrogens with zero attached hydrogens (tertiary/aromatic N) is 2. The molecule has 1 aromatic carbocycles. The zero-order valence-corrected chi connectivity index (χ0v) is 18.1. The Balaban J connectivity index is 1.52. The molecule has 28 heavy (non-hydrogen) atoms. The van der Waals surface area contributed by atoms with Gasteiger partial charge in [-0.05, 0) is 54.9 Å². The summed E-state index contributed by atoms with van der Waals surface area (Å²) in [5.74, 6) is 0. The molecule has 1 aliphatic rings. The lowest BCUT2D eigenvalue weighted by molar-refractivity contribution is 0.251. The van der Waals surface area contributed by atoms with Crippen molar-refractivity contribution in [1.82, 2.24) is 14.8 Å². The van der Waals surface area contributed by atoms with Gasteiger partial charge in [0.1, 0.15) is 5.00 Å². The number of nitrogens with one attached hydrogen (secondary N) is 2. The van der Waals surface area contributed by atoms with Crippen molar-refractivity contribution in [1.29, 1.82) is 0 Å². The number of amides is 2. The zero-order chi connectivity index (χ0) is 19.5. The predicted octanol–water partition coefficient (Wildman–Crippen LogP) is 5.00. The molecule has 5 nitrogen and oxygen atoms in total. The number of halogens is 1. The van der Waals surface area contributed by atoms with Crippen LogP contribution >= 0.6 is 27.3 Å². The summed E-state index contributed by atoms with van der Waals surface area (Å²) in [5, 5.41) is 7.15. The largest absolute Gasteiger partial charge is 0.334 e.